The third kappa shape index (κ3) is 23.9. The normalized spacial score (nSPS) is 27.7. The van der Waals surface area contributed by atoms with Gasteiger partial charge in [-0.05, 0) is 155 Å². The molecule has 3 aliphatic carbocycles. The maximum atomic E-state index is 11.1. The molecule has 4 N–H and O–H groups in total. The van der Waals surface area contributed by atoms with Gasteiger partial charge in [0.05, 0.1) is 12.1 Å². The first-order valence-corrected chi connectivity index (χ1v) is 28.0. The highest BCUT2D eigenvalue weighted by atomic mass is 16.4. The lowest BCUT2D eigenvalue weighted by Crippen LogP contribution is -2.33. The second-order valence-corrected chi connectivity index (χ2v) is 20.6. The van der Waals surface area contributed by atoms with Crippen LogP contribution >= 0.6 is 0 Å². The number of aliphatic carboxylic acids is 2. The summed E-state index contributed by atoms with van der Waals surface area (Å²) in [6.45, 7) is 16.7. The topological polar surface area (TPSA) is 148 Å². The number of carbonyl (C=O) groups is 2. The minimum atomic E-state index is -0.765. The summed E-state index contributed by atoms with van der Waals surface area (Å²) in [5.74, 6) is 5.89. The second-order valence-electron chi connectivity index (χ2n) is 20.6. The van der Waals surface area contributed by atoms with Crippen molar-refractivity contribution in [2.75, 3.05) is 6.54 Å². The monoisotopic (exact) mass is 918 g/mol. The minimum absolute atomic E-state index is 0.165. The van der Waals surface area contributed by atoms with E-state index >= 15 is 0 Å². The summed E-state index contributed by atoms with van der Waals surface area (Å²) in [5, 5.41) is 36.0. The fourth-order valence-corrected chi connectivity index (χ4v) is 12.5. The number of allylic oxidation sites excluding steroid dienone is 6. The molecule has 0 aliphatic heterocycles. The molecular weight excluding hydrogens is 815 g/mol. The molecule has 7 nitrogen and oxygen atoms in total. The first-order chi connectivity index (χ1) is 32.0. The first kappa shape index (κ1) is 61.1. The molecule has 0 bridgehead atoms. The fraction of sp³-hybridized carbons (Fsp3) is 0.831. The van der Waals surface area contributed by atoms with Crippen LogP contribution in [0.3, 0.4) is 0 Å². The molecule has 0 spiro atoms. The molecule has 66 heavy (non-hydrogen) atoms. The van der Waals surface area contributed by atoms with Gasteiger partial charge in [-0.15, -0.1) is 0 Å². The Labute approximate surface area is 407 Å². The van der Waals surface area contributed by atoms with Crippen LogP contribution in [-0.4, -0.2) is 28.7 Å². The lowest BCUT2D eigenvalue weighted by Gasteiger charge is -2.40. The van der Waals surface area contributed by atoms with Crippen LogP contribution in [0.25, 0.3) is 0 Å². The molecule has 12 unspecified atom stereocenters. The van der Waals surface area contributed by atoms with Crippen molar-refractivity contribution in [3.05, 3.63) is 36.5 Å². The van der Waals surface area contributed by atoms with Crippen molar-refractivity contribution >= 4 is 11.9 Å². The van der Waals surface area contributed by atoms with Crippen molar-refractivity contribution in [1.29, 1.82) is 10.5 Å². The molecule has 0 aromatic rings. The predicted molar refractivity (Wildman–Crippen MR) is 278 cm³/mol. The minimum Gasteiger partial charge on any atom is -0.481 e. The maximum Gasteiger partial charge on any atom is 0.303 e. The van der Waals surface area contributed by atoms with Gasteiger partial charge >= 0.3 is 11.9 Å². The highest BCUT2D eigenvalue weighted by Crippen LogP contribution is 2.46. The van der Waals surface area contributed by atoms with Crippen LogP contribution in [0, 0.1) is 93.7 Å². The highest BCUT2D eigenvalue weighted by Gasteiger charge is 2.37. The Morgan fingerprint density at radius 1 is 0.394 bits per heavy atom. The number of nitrogens with zero attached hydrogens (tertiary/aromatic N) is 2. The van der Waals surface area contributed by atoms with E-state index < -0.39 is 11.9 Å². The lowest BCUT2D eigenvalue weighted by atomic mass is 9.65. The summed E-state index contributed by atoms with van der Waals surface area (Å²) in [5.41, 5.74) is 5.93. The van der Waals surface area contributed by atoms with Crippen LogP contribution in [-0.2, 0) is 9.59 Å². The number of nitrogens with two attached hydrogens (primary N) is 1. The van der Waals surface area contributed by atoms with E-state index in [1.807, 2.05) is 0 Å². The summed E-state index contributed by atoms with van der Waals surface area (Å²) in [7, 11) is 0. The summed E-state index contributed by atoms with van der Waals surface area (Å²) in [4.78, 5) is 22.0. The quantitative estimate of drug-likeness (QED) is 0.0449. The lowest BCUT2D eigenvalue weighted by molar-refractivity contribution is -0.139. The largest absolute Gasteiger partial charge is 0.481 e. The van der Waals surface area contributed by atoms with Gasteiger partial charge in [0.15, 0.2) is 0 Å². The molecule has 3 aliphatic rings. The van der Waals surface area contributed by atoms with Gasteiger partial charge in [0.2, 0.25) is 0 Å². The summed E-state index contributed by atoms with van der Waals surface area (Å²) in [6, 6.07) is 4.63. The zero-order valence-corrected chi connectivity index (χ0v) is 43.8. The third-order valence-corrected chi connectivity index (χ3v) is 15.7. The van der Waals surface area contributed by atoms with Gasteiger partial charge in [0.1, 0.15) is 0 Å². The van der Waals surface area contributed by atoms with E-state index in [1.54, 1.807) is 0 Å². The Balaban J connectivity index is 0.000000497. The summed E-state index contributed by atoms with van der Waals surface area (Å²) < 4.78 is 0. The van der Waals surface area contributed by atoms with Crippen LogP contribution in [0.15, 0.2) is 36.5 Å². The molecule has 0 radical (unpaired) electrons. The molecule has 0 saturated heterocycles. The van der Waals surface area contributed by atoms with Crippen LogP contribution in [0.2, 0.25) is 0 Å². The van der Waals surface area contributed by atoms with Crippen molar-refractivity contribution in [3.8, 4) is 12.1 Å². The zero-order chi connectivity index (χ0) is 49.0. The highest BCUT2D eigenvalue weighted by molar-refractivity contribution is 5.67. The molecule has 7 heteroatoms. The zero-order valence-electron chi connectivity index (χ0n) is 43.8. The number of hydrogen-bond donors (Lipinski definition) is 3. The van der Waals surface area contributed by atoms with E-state index in [0.29, 0.717) is 67.1 Å². The Bertz CT molecular complexity index is 1410. The number of hydrogen-bond acceptors (Lipinski definition) is 5. The van der Waals surface area contributed by atoms with E-state index in [-0.39, 0.29) is 18.8 Å². The Hall–Kier alpha value is -2.90. The van der Waals surface area contributed by atoms with Crippen LogP contribution in [0.4, 0.5) is 0 Å². The molecule has 3 rings (SSSR count). The molecular formula is C59H103N3O4. The summed E-state index contributed by atoms with van der Waals surface area (Å²) in [6.07, 6.45) is 46.1. The molecule has 0 aromatic carbocycles. The van der Waals surface area contributed by atoms with Gasteiger partial charge in [-0.3, -0.25) is 9.59 Å². The van der Waals surface area contributed by atoms with Gasteiger partial charge in [0, 0.05) is 25.7 Å². The van der Waals surface area contributed by atoms with E-state index in [2.05, 4.69) is 97.1 Å². The standard InChI is InChI=1S/C20H32N2.C20H34O4.C19H37N/c1-3-5-6-11-19-17(9-4-2)13-14-18(10-7-15-21)20(19)12-8-16-22;1-3-5-6-8-17-15(7-4-2)9-10-16(11-13-19(21)22)18(17)12-14-20(23)24;1-4-7-8-11-18-16(9-5-2)12-13-17(10-6-3)19(18)14-15-20/h13-14,17-20H,3-12H2,1-2H3;9-10,15-18H,3-8,11-14H2,1-2H3,(H,21,22)(H,23,24);12-13,16-19H,4-11,14-15,20H2,1-3H3. The van der Waals surface area contributed by atoms with E-state index in [9.17, 15) is 9.59 Å². The summed E-state index contributed by atoms with van der Waals surface area (Å²) >= 11 is 0. The van der Waals surface area contributed by atoms with Gasteiger partial charge < -0.3 is 15.9 Å². The Morgan fingerprint density at radius 3 is 1.00 bits per heavy atom. The molecule has 12 atom stereocenters. The van der Waals surface area contributed by atoms with E-state index in [4.69, 9.17) is 26.5 Å². The number of carboxylic acid groups (broad SMARTS) is 2. The van der Waals surface area contributed by atoms with Gasteiger partial charge in [-0.25, -0.2) is 0 Å². The van der Waals surface area contributed by atoms with Crippen molar-refractivity contribution < 1.29 is 19.8 Å². The maximum absolute atomic E-state index is 11.1. The van der Waals surface area contributed by atoms with E-state index in [0.717, 1.165) is 62.3 Å². The molecule has 0 fully saturated rings. The Morgan fingerprint density at radius 2 is 0.682 bits per heavy atom. The Kier molecular flexibility index (Phi) is 36.1. The molecule has 378 valence electrons. The number of nitriles is 2. The molecule has 0 aromatic heterocycles. The van der Waals surface area contributed by atoms with Crippen molar-refractivity contribution in [1.82, 2.24) is 0 Å². The average molecular weight is 918 g/mol. The number of rotatable bonds is 32. The first-order valence-electron chi connectivity index (χ1n) is 28.0. The SMILES string of the molecule is CCCCCC1C(CCC)C=CC(CCC#N)C1CCC#N.CCCCCC1C(CCC)C=CC(CCC(=O)O)C1CCC(=O)O.CCCCCC1C(CCC)C=CC(CCC)C1CCN. The van der Waals surface area contributed by atoms with Crippen molar-refractivity contribution in [2.45, 2.75) is 235 Å². The fourth-order valence-electron chi connectivity index (χ4n) is 12.5. The predicted octanol–water partition coefficient (Wildman–Crippen LogP) is 16.7. The molecule has 0 amide bonds. The second kappa shape index (κ2) is 39.0. The van der Waals surface area contributed by atoms with Gasteiger partial charge in [-0.2, -0.15) is 10.5 Å². The van der Waals surface area contributed by atoms with Gasteiger partial charge in [0.25, 0.3) is 0 Å². The molecule has 0 heterocycles. The average Bonchev–Trinajstić information content (AvgIpc) is 3.30. The van der Waals surface area contributed by atoms with Gasteiger partial charge in [-0.1, -0.05) is 168 Å². The van der Waals surface area contributed by atoms with Crippen LogP contribution in [0.5, 0.6) is 0 Å². The van der Waals surface area contributed by atoms with Crippen molar-refractivity contribution in [3.63, 3.8) is 0 Å². The van der Waals surface area contributed by atoms with Crippen LogP contribution < -0.4 is 5.73 Å². The third-order valence-electron chi connectivity index (χ3n) is 15.7. The van der Waals surface area contributed by atoms with E-state index in [1.165, 1.54) is 116 Å². The van der Waals surface area contributed by atoms with Crippen LogP contribution in [0.1, 0.15) is 235 Å². The molecule has 0 saturated carbocycles. The number of unbranched alkanes of at least 4 members (excludes halogenated alkanes) is 6. The number of carboxylic acids is 2. The smallest absolute Gasteiger partial charge is 0.303 e. The van der Waals surface area contributed by atoms with Crippen molar-refractivity contribution in [2.24, 2.45) is 76.7 Å².